The van der Waals surface area contributed by atoms with Crippen molar-refractivity contribution in [1.82, 2.24) is 10.6 Å². The maximum Gasteiger partial charge on any atom is 0.227 e. The number of aryl methyl sites for hydroxylation is 1. The number of hydrogen-bond acceptors (Lipinski definition) is 2. The van der Waals surface area contributed by atoms with E-state index in [1.807, 2.05) is 13.1 Å². The summed E-state index contributed by atoms with van der Waals surface area (Å²) in [4.78, 5) is 12.1. The van der Waals surface area contributed by atoms with E-state index in [4.69, 9.17) is 0 Å². The normalized spacial score (nSPS) is 18.5. The van der Waals surface area contributed by atoms with Gasteiger partial charge in [0.25, 0.3) is 0 Å². The lowest BCUT2D eigenvalue weighted by Gasteiger charge is -2.24. The molecule has 0 bridgehead atoms. The van der Waals surface area contributed by atoms with Crippen LogP contribution in [0.1, 0.15) is 29.9 Å². The molecule has 2 N–H and O–H groups in total. The van der Waals surface area contributed by atoms with Crippen molar-refractivity contribution in [3.05, 3.63) is 35.4 Å². The van der Waals surface area contributed by atoms with Crippen molar-refractivity contribution < 1.29 is 4.79 Å². The van der Waals surface area contributed by atoms with Crippen LogP contribution in [0, 0.1) is 0 Å². The van der Waals surface area contributed by atoms with Gasteiger partial charge in [-0.3, -0.25) is 4.79 Å². The van der Waals surface area contributed by atoms with Gasteiger partial charge < -0.3 is 10.6 Å². The van der Waals surface area contributed by atoms with Crippen LogP contribution in [0.5, 0.6) is 0 Å². The van der Waals surface area contributed by atoms with Gasteiger partial charge in [-0.15, -0.1) is 0 Å². The Balaban J connectivity index is 2.05. The fourth-order valence-electron chi connectivity index (χ4n) is 2.46. The van der Waals surface area contributed by atoms with Crippen LogP contribution in [0.4, 0.5) is 0 Å². The van der Waals surface area contributed by atoms with Crippen LogP contribution < -0.4 is 10.6 Å². The first-order valence-electron chi connectivity index (χ1n) is 6.33. The van der Waals surface area contributed by atoms with Crippen molar-refractivity contribution in [3.63, 3.8) is 0 Å². The number of amides is 1. The van der Waals surface area contributed by atoms with E-state index in [1.54, 1.807) is 0 Å². The minimum atomic E-state index is 0.0526. The molecule has 0 radical (unpaired) electrons. The van der Waals surface area contributed by atoms with Gasteiger partial charge in [0.05, 0.1) is 5.92 Å². The molecule has 1 amide bonds. The van der Waals surface area contributed by atoms with Gasteiger partial charge in [-0.25, -0.2) is 0 Å². The molecule has 92 valence electrons. The third-order valence-electron chi connectivity index (χ3n) is 3.36. The van der Waals surface area contributed by atoms with E-state index in [0.717, 1.165) is 25.8 Å². The van der Waals surface area contributed by atoms with Crippen molar-refractivity contribution in [2.45, 2.75) is 25.2 Å². The number of nitrogens with one attached hydrogen (secondary N) is 2. The Morgan fingerprint density at radius 1 is 1.35 bits per heavy atom. The third-order valence-corrected chi connectivity index (χ3v) is 3.36. The smallest absolute Gasteiger partial charge is 0.227 e. The van der Waals surface area contributed by atoms with Gasteiger partial charge in [0, 0.05) is 13.1 Å². The molecule has 17 heavy (non-hydrogen) atoms. The maximum absolute atomic E-state index is 12.1. The molecule has 1 aliphatic carbocycles. The Hall–Kier alpha value is -1.35. The zero-order chi connectivity index (χ0) is 12.1. The highest BCUT2D eigenvalue weighted by Gasteiger charge is 2.25. The second kappa shape index (κ2) is 5.82. The minimum Gasteiger partial charge on any atom is -0.354 e. The molecule has 0 spiro atoms. The molecule has 1 atom stereocenters. The first-order chi connectivity index (χ1) is 8.33. The summed E-state index contributed by atoms with van der Waals surface area (Å²) in [5.41, 5.74) is 2.56. The van der Waals surface area contributed by atoms with E-state index in [1.165, 1.54) is 11.1 Å². The fraction of sp³-hybridized carbons (Fsp3) is 0.500. The van der Waals surface area contributed by atoms with Crippen molar-refractivity contribution in [3.8, 4) is 0 Å². The molecule has 1 aromatic carbocycles. The van der Waals surface area contributed by atoms with Crippen LogP contribution in [0.3, 0.4) is 0 Å². The minimum absolute atomic E-state index is 0.0526. The van der Waals surface area contributed by atoms with Gasteiger partial charge in [0.15, 0.2) is 0 Å². The van der Waals surface area contributed by atoms with E-state index in [2.05, 4.69) is 28.8 Å². The molecule has 0 heterocycles. The molecule has 0 saturated carbocycles. The Kier molecular flexibility index (Phi) is 4.15. The zero-order valence-corrected chi connectivity index (χ0v) is 10.3. The molecule has 0 aliphatic heterocycles. The average Bonchev–Trinajstić information content (AvgIpc) is 2.38. The number of carbonyl (C=O) groups is 1. The monoisotopic (exact) mass is 232 g/mol. The summed E-state index contributed by atoms with van der Waals surface area (Å²) < 4.78 is 0. The summed E-state index contributed by atoms with van der Waals surface area (Å²) in [5.74, 6) is 0.226. The highest BCUT2D eigenvalue weighted by molar-refractivity contribution is 5.84. The molecule has 2 rings (SSSR count). The summed E-state index contributed by atoms with van der Waals surface area (Å²) in [7, 11) is 1.89. The second-order valence-electron chi connectivity index (χ2n) is 4.54. The topological polar surface area (TPSA) is 41.1 Å². The number of rotatable bonds is 4. The Morgan fingerprint density at radius 3 is 3.00 bits per heavy atom. The lowest BCUT2D eigenvalue weighted by atomic mass is 9.82. The molecule has 1 aliphatic rings. The molecular formula is C14H20N2O. The summed E-state index contributed by atoms with van der Waals surface area (Å²) in [6.07, 6.45) is 3.19. The highest BCUT2D eigenvalue weighted by atomic mass is 16.1. The Labute approximate surface area is 103 Å². The van der Waals surface area contributed by atoms with Crippen LogP contribution >= 0.6 is 0 Å². The summed E-state index contributed by atoms with van der Waals surface area (Å²) in [6.45, 7) is 1.52. The number of likely N-dealkylation sites (N-methyl/N-ethyl adjacent to an activating group) is 1. The standard InChI is InChI=1S/C14H20N2O/c1-15-9-10-16-14(17)13-8-4-6-11-5-2-3-7-12(11)13/h2-3,5,7,13,15H,4,6,8-10H2,1H3,(H,16,17). The van der Waals surface area contributed by atoms with Crippen LogP contribution in [-0.4, -0.2) is 26.0 Å². The van der Waals surface area contributed by atoms with E-state index in [0.29, 0.717) is 6.54 Å². The van der Waals surface area contributed by atoms with Crippen LogP contribution in [0.25, 0.3) is 0 Å². The lowest BCUT2D eigenvalue weighted by Crippen LogP contribution is -2.35. The molecule has 1 unspecified atom stereocenters. The van der Waals surface area contributed by atoms with Crippen LogP contribution in [0.15, 0.2) is 24.3 Å². The third kappa shape index (κ3) is 2.86. The first-order valence-corrected chi connectivity index (χ1v) is 6.33. The Morgan fingerprint density at radius 2 is 2.18 bits per heavy atom. The largest absolute Gasteiger partial charge is 0.354 e. The van der Waals surface area contributed by atoms with Crippen molar-refractivity contribution in [2.24, 2.45) is 0 Å². The van der Waals surface area contributed by atoms with Gasteiger partial charge in [0.2, 0.25) is 5.91 Å². The van der Waals surface area contributed by atoms with Gasteiger partial charge in [-0.1, -0.05) is 24.3 Å². The molecule has 3 nitrogen and oxygen atoms in total. The highest BCUT2D eigenvalue weighted by Crippen LogP contribution is 2.31. The van der Waals surface area contributed by atoms with E-state index in [-0.39, 0.29) is 11.8 Å². The quantitative estimate of drug-likeness (QED) is 0.771. The van der Waals surface area contributed by atoms with Crippen molar-refractivity contribution in [2.75, 3.05) is 20.1 Å². The lowest BCUT2D eigenvalue weighted by molar-refractivity contribution is -0.122. The number of benzene rings is 1. The Bertz CT molecular complexity index is 390. The van der Waals surface area contributed by atoms with Crippen LogP contribution in [-0.2, 0) is 11.2 Å². The van der Waals surface area contributed by atoms with Gasteiger partial charge in [0.1, 0.15) is 0 Å². The molecule has 3 heteroatoms. The number of carbonyl (C=O) groups excluding carboxylic acids is 1. The predicted octanol–water partition coefficient (Wildman–Crippen LogP) is 1.44. The summed E-state index contributed by atoms with van der Waals surface area (Å²) in [5, 5.41) is 6.02. The molecule has 1 aromatic rings. The molecule has 0 saturated heterocycles. The van der Waals surface area contributed by atoms with Gasteiger partial charge in [-0.2, -0.15) is 0 Å². The first kappa shape index (κ1) is 12.1. The van der Waals surface area contributed by atoms with Gasteiger partial charge in [-0.05, 0) is 37.4 Å². The zero-order valence-electron chi connectivity index (χ0n) is 10.3. The van der Waals surface area contributed by atoms with E-state index in [9.17, 15) is 4.79 Å². The fourth-order valence-corrected chi connectivity index (χ4v) is 2.46. The number of fused-ring (bicyclic) bond motifs is 1. The SMILES string of the molecule is CNCCNC(=O)C1CCCc2ccccc21. The van der Waals surface area contributed by atoms with E-state index >= 15 is 0 Å². The molecular weight excluding hydrogens is 212 g/mol. The van der Waals surface area contributed by atoms with Crippen molar-refractivity contribution in [1.29, 1.82) is 0 Å². The molecule has 0 fully saturated rings. The number of hydrogen-bond donors (Lipinski definition) is 2. The molecule has 0 aromatic heterocycles. The van der Waals surface area contributed by atoms with Crippen LogP contribution in [0.2, 0.25) is 0 Å². The van der Waals surface area contributed by atoms with Gasteiger partial charge >= 0.3 is 0 Å². The second-order valence-corrected chi connectivity index (χ2v) is 4.54. The summed E-state index contributed by atoms with van der Waals surface area (Å²) >= 11 is 0. The van der Waals surface area contributed by atoms with Crippen molar-refractivity contribution >= 4 is 5.91 Å². The van der Waals surface area contributed by atoms with E-state index < -0.39 is 0 Å². The maximum atomic E-state index is 12.1. The summed E-state index contributed by atoms with van der Waals surface area (Å²) in [6, 6.07) is 8.32. The average molecular weight is 232 g/mol. The predicted molar refractivity (Wildman–Crippen MR) is 69.1 cm³/mol.